The van der Waals surface area contributed by atoms with Crippen molar-refractivity contribution in [3.8, 4) is 23.2 Å². The summed E-state index contributed by atoms with van der Waals surface area (Å²) in [6, 6.07) is 19.8. The number of nitrogens with one attached hydrogen (secondary N) is 1. The molecule has 0 bridgehead atoms. The lowest BCUT2D eigenvalue weighted by molar-refractivity contribution is -0.123. The second-order valence-electron chi connectivity index (χ2n) is 12.8. The van der Waals surface area contributed by atoms with Crippen molar-refractivity contribution in [2.75, 3.05) is 36.7 Å². The van der Waals surface area contributed by atoms with Crippen molar-refractivity contribution in [2.45, 2.75) is 58.2 Å². The van der Waals surface area contributed by atoms with E-state index in [1.165, 1.54) is 39.7 Å². The van der Waals surface area contributed by atoms with Crippen LogP contribution < -0.4 is 24.8 Å². The molecule has 54 heavy (non-hydrogen) atoms. The highest BCUT2D eigenvalue weighted by Gasteiger charge is 2.38. The fraction of sp³-hybridized carbons (Fsp3) is 0.342. The van der Waals surface area contributed by atoms with Gasteiger partial charge in [0.2, 0.25) is 0 Å². The van der Waals surface area contributed by atoms with Gasteiger partial charge in [-0.3, -0.25) is 9.36 Å². The van der Waals surface area contributed by atoms with E-state index in [1.54, 1.807) is 43.3 Å². The Balaban J connectivity index is 1.58. The molecule has 2 aromatic heterocycles. The number of hydrogen-bond acceptors (Lipinski definition) is 10. The van der Waals surface area contributed by atoms with Gasteiger partial charge in [-0.05, 0) is 61.4 Å². The standard InChI is InChI=1S/C38H45ClN6O8S/c1-5-7-8-12-23-54(50,51)53-29-19-20-30(39)31(24-29)41-35(47)33(34(46)32-21-22-40-45(32)28-17-15-27(16-18-28)42(3)4)44-36(48)37(52-6-2)43(38(44)49)25-26-13-10-9-11-14-26/h9-11,13-22,24,33-34,46,48H,5-8,12,23,25H2,1-4H3,(H,41,47). The lowest BCUT2D eigenvalue weighted by Gasteiger charge is -2.24. The first-order valence-electron chi connectivity index (χ1n) is 17.6. The largest absolute Gasteiger partial charge is 0.491 e. The van der Waals surface area contributed by atoms with Crippen LogP contribution in [0.3, 0.4) is 0 Å². The van der Waals surface area contributed by atoms with Crippen LogP contribution in [-0.4, -0.2) is 69.9 Å². The summed E-state index contributed by atoms with van der Waals surface area (Å²) in [4.78, 5) is 30.7. The molecule has 16 heteroatoms. The smallest absolute Gasteiger partial charge is 0.335 e. The van der Waals surface area contributed by atoms with E-state index in [-0.39, 0.29) is 46.9 Å². The van der Waals surface area contributed by atoms with Crippen LogP contribution in [-0.2, 0) is 21.5 Å². The molecular weight excluding hydrogens is 736 g/mol. The fourth-order valence-electron chi connectivity index (χ4n) is 5.93. The monoisotopic (exact) mass is 780 g/mol. The van der Waals surface area contributed by atoms with Gasteiger partial charge in [0.25, 0.3) is 17.7 Å². The number of carbonyl (C=O) groups excluding carboxylic acids is 1. The number of hydrogen-bond donors (Lipinski definition) is 3. The minimum atomic E-state index is -3.96. The van der Waals surface area contributed by atoms with Crippen LogP contribution in [0.5, 0.6) is 17.5 Å². The van der Waals surface area contributed by atoms with E-state index in [1.807, 2.05) is 44.1 Å². The maximum absolute atomic E-state index is 14.5. The van der Waals surface area contributed by atoms with Gasteiger partial charge >= 0.3 is 15.8 Å². The third kappa shape index (κ3) is 9.27. The van der Waals surface area contributed by atoms with E-state index in [0.29, 0.717) is 17.7 Å². The number of ether oxygens (including phenoxy) is 1. The number of rotatable bonds is 18. The van der Waals surface area contributed by atoms with Gasteiger partial charge in [0.05, 0.1) is 41.0 Å². The Hall–Kier alpha value is -5.25. The molecule has 2 atom stereocenters. The van der Waals surface area contributed by atoms with Crippen molar-refractivity contribution in [1.29, 1.82) is 0 Å². The quantitative estimate of drug-likeness (QED) is 0.0718. The first-order valence-corrected chi connectivity index (χ1v) is 19.5. The Labute approximate surface area is 319 Å². The zero-order valence-electron chi connectivity index (χ0n) is 30.6. The number of benzene rings is 3. The number of unbranched alkanes of at least 4 members (excludes halogenated alkanes) is 3. The number of nitrogens with zero attached hydrogens (tertiary/aromatic N) is 5. The second-order valence-corrected chi connectivity index (χ2v) is 14.9. The lowest BCUT2D eigenvalue weighted by atomic mass is 10.1. The molecule has 0 fully saturated rings. The molecule has 5 aromatic rings. The summed E-state index contributed by atoms with van der Waals surface area (Å²) in [5, 5.41) is 30.8. The van der Waals surface area contributed by atoms with Gasteiger partial charge in [-0.15, -0.1) is 0 Å². The maximum atomic E-state index is 14.5. The van der Waals surface area contributed by atoms with Crippen molar-refractivity contribution >= 4 is 39.0 Å². The topological polar surface area (TPSA) is 170 Å². The van der Waals surface area contributed by atoms with Crippen LogP contribution in [0.2, 0.25) is 5.02 Å². The van der Waals surface area contributed by atoms with Gasteiger partial charge in [-0.1, -0.05) is 68.1 Å². The van der Waals surface area contributed by atoms with Crippen LogP contribution >= 0.6 is 11.6 Å². The lowest BCUT2D eigenvalue weighted by Crippen LogP contribution is -2.38. The number of anilines is 2. The molecule has 5 rings (SSSR count). The summed E-state index contributed by atoms with van der Waals surface area (Å²) in [5.41, 5.74) is 1.38. The van der Waals surface area contributed by atoms with Crippen molar-refractivity contribution in [3.63, 3.8) is 0 Å². The maximum Gasteiger partial charge on any atom is 0.335 e. The highest BCUT2D eigenvalue weighted by molar-refractivity contribution is 7.87. The fourth-order valence-corrected chi connectivity index (χ4v) is 7.13. The number of aromatic nitrogens is 4. The molecule has 0 aliphatic heterocycles. The van der Waals surface area contributed by atoms with E-state index < -0.39 is 39.7 Å². The Morgan fingerprint density at radius 1 is 1.00 bits per heavy atom. The molecule has 2 unspecified atom stereocenters. The van der Waals surface area contributed by atoms with E-state index >= 15 is 0 Å². The molecule has 3 aromatic carbocycles. The number of aliphatic hydroxyl groups is 1. The summed E-state index contributed by atoms with van der Waals surface area (Å²) in [7, 11) is -0.169. The molecule has 14 nitrogen and oxygen atoms in total. The van der Waals surface area contributed by atoms with E-state index in [4.69, 9.17) is 20.5 Å². The highest BCUT2D eigenvalue weighted by Crippen LogP contribution is 2.37. The number of imidazole rings is 1. The average molecular weight is 781 g/mol. The molecule has 0 aliphatic carbocycles. The SMILES string of the molecule is CCCCCCS(=O)(=O)Oc1ccc(Cl)c(NC(=O)C(C(O)c2ccnn2-c2ccc(N(C)C)cc2)n2c(O)c(OCC)n(Cc3ccccc3)c2=O)c1. The Morgan fingerprint density at radius 2 is 1.72 bits per heavy atom. The first kappa shape index (κ1) is 39.9. The van der Waals surface area contributed by atoms with Crippen LogP contribution in [0.4, 0.5) is 11.4 Å². The van der Waals surface area contributed by atoms with Crippen LogP contribution in [0.1, 0.15) is 62.9 Å². The molecule has 1 amide bonds. The summed E-state index contributed by atoms with van der Waals surface area (Å²) in [6.45, 7) is 3.75. The second kappa shape index (κ2) is 17.7. The molecule has 3 N–H and O–H groups in total. The molecule has 2 heterocycles. The minimum Gasteiger partial charge on any atom is -0.491 e. The first-order chi connectivity index (χ1) is 25.8. The third-order valence-corrected chi connectivity index (χ3v) is 10.2. The Bertz CT molecular complexity index is 2200. The molecule has 0 spiro atoms. The van der Waals surface area contributed by atoms with Gasteiger partial charge in [-0.2, -0.15) is 13.5 Å². The third-order valence-electron chi connectivity index (χ3n) is 8.66. The normalized spacial score (nSPS) is 12.6. The molecule has 288 valence electrons. The van der Waals surface area contributed by atoms with Gasteiger partial charge in [0.1, 0.15) is 11.9 Å². The number of aromatic hydroxyl groups is 1. The predicted octanol–water partition coefficient (Wildman–Crippen LogP) is 5.91. The number of halogens is 1. The van der Waals surface area contributed by atoms with Gasteiger partial charge in [0.15, 0.2) is 6.04 Å². The Kier molecular flexibility index (Phi) is 13.1. The van der Waals surface area contributed by atoms with Crippen molar-refractivity contribution in [2.24, 2.45) is 0 Å². The minimum absolute atomic E-state index is 0.0172. The van der Waals surface area contributed by atoms with Crippen molar-refractivity contribution in [1.82, 2.24) is 18.9 Å². The summed E-state index contributed by atoms with van der Waals surface area (Å²) in [6.07, 6.45) is 2.63. The van der Waals surface area contributed by atoms with Crippen molar-refractivity contribution < 1.29 is 32.3 Å². The zero-order valence-corrected chi connectivity index (χ0v) is 32.1. The van der Waals surface area contributed by atoms with Gasteiger partial charge < -0.3 is 29.3 Å². The Morgan fingerprint density at radius 3 is 2.39 bits per heavy atom. The average Bonchev–Trinajstić information content (AvgIpc) is 3.72. The van der Waals surface area contributed by atoms with Crippen LogP contribution in [0, 0.1) is 0 Å². The summed E-state index contributed by atoms with van der Waals surface area (Å²) in [5.74, 6) is -2.18. The number of amides is 1. The van der Waals surface area contributed by atoms with Crippen LogP contribution in [0.15, 0.2) is 89.9 Å². The molecular formula is C38H45ClN6O8S. The number of carbonyl (C=O) groups is 1. The van der Waals surface area contributed by atoms with Gasteiger partial charge in [0, 0.05) is 32.0 Å². The predicted molar refractivity (Wildman–Crippen MR) is 208 cm³/mol. The summed E-state index contributed by atoms with van der Waals surface area (Å²) >= 11 is 6.48. The van der Waals surface area contributed by atoms with Crippen molar-refractivity contribution in [3.05, 3.63) is 112 Å². The van der Waals surface area contributed by atoms with E-state index in [0.717, 1.165) is 29.5 Å². The molecule has 0 saturated carbocycles. The van der Waals surface area contributed by atoms with E-state index in [9.17, 15) is 28.2 Å². The molecule has 0 saturated heterocycles. The van der Waals surface area contributed by atoms with E-state index in [2.05, 4.69) is 10.4 Å². The molecule has 0 radical (unpaired) electrons. The van der Waals surface area contributed by atoms with Crippen LogP contribution in [0.25, 0.3) is 5.69 Å². The zero-order chi connectivity index (χ0) is 39.0. The van der Waals surface area contributed by atoms with Gasteiger partial charge in [-0.25, -0.2) is 14.0 Å². The summed E-state index contributed by atoms with van der Waals surface area (Å²) < 4.78 is 39.8. The highest BCUT2D eigenvalue weighted by atomic mass is 35.5. The number of aliphatic hydroxyl groups excluding tert-OH is 1. The molecule has 0 aliphatic rings.